The quantitative estimate of drug-likeness (QED) is 0.268. The van der Waals surface area contributed by atoms with E-state index in [1.165, 1.54) is 24.3 Å². The van der Waals surface area contributed by atoms with Gasteiger partial charge in [0.2, 0.25) is 0 Å². The molecule has 0 saturated heterocycles. The van der Waals surface area contributed by atoms with Crippen LogP contribution in [-0.4, -0.2) is 33.8 Å². The van der Waals surface area contributed by atoms with Crippen molar-refractivity contribution in [1.82, 2.24) is 10.2 Å². The van der Waals surface area contributed by atoms with Crippen LogP contribution in [0.5, 0.6) is 5.75 Å². The van der Waals surface area contributed by atoms with Crippen molar-refractivity contribution in [3.05, 3.63) is 64.2 Å². The van der Waals surface area contributed by atoms with Crippen molar-refractivity contribution >= 4 is 23.2 Å². The smallest absolute Gasteiger partial charge is 0.277 e. The summed E-state index contributed by atoms with van der Waals surface area (Å²) in [4.78, 5) is 22.3. The Labute approximate surface area is 152 Å². The van der Waals surface area contributed by atoms with Crippen molar-refractivity contribution in [3.8, 4) is 17.2 Å². The van der Waals surface area contributed by atoms with Crippen LogP contribution in [0.15, 0.2) is 58.2 Å². The zero-order valence-corrected chi connectivity index (χ0v) is 14.4. The third kappa shape index (κ3) is 3.89. The average molecular weight is 371 g/mol. The van der Waals surface area contributed by atoms with E-state index in [-0.39, 0.29) is 22.4 Å². The molecule has 26 heavy (non-hydrogen) atoms. The molecular weight excluding hydrogens is 358 g/mol. The highest BCUT2D eigenvalue weighted by molar-refractivity contribution is 7.99. The number of ether oxygens (including phenoxy) is 1. The number of Topliss-reactive ketones (excluding diaryl/α,β-unsaturated/α-hetero) is 1. The molecular formula is C17H13N3O5S. The molecule has 1 aromatic heterocycles. The first-order valence-electron chi connectivity index (χ1n) is 7.46. The van der Waals surface area contributed by atoms with E-state index in [9.17, 15) is 14.9 Å². The van der Waals surface area contributed by atoms with Crippen molar-refractivity contribution in [2.45, 2.75) is 5.22 Å². The van der Waals surface area contributed by atoms with E-state index in [4.69, 9.17) is 9.15 Å². The molecule has 0 radical (unpaired) electrons. The predicted octanol–water partition coefficient (Wildman–Crippen LogP) is 3.63. The lowest BCUT2D eigenvalue weighted by atomic mass is 10.1. The van der Waals surface area contributed by atoms with Gasteiger partial charge in [-0.3, -0.25) is 14.9 Å². The molecule has 3 rings (SSSR count). The minimum atomic E-state index is -0.513. The number of hydrogen-bond acceptors (Lipinski definition) is 8. The van der Waals surface area contributed by atoms with Crippen LogP contribution in [0, 0.1) is 10.1 Å². The number of nitrogens with zero attached hydrogens (tertiary/aromatic N) is 3. The Morgan fingerprint density at radius 3 is 2.62 bits per heavy atom. The predicted molar refractivity (Wildman–Crippen MR) is 94.4 cm³/mol. The normalized spacial score (nSPS) is 10.5. The van der Waals surface area contributed by atoms with Crippen LogP contribution in [0.2, 0.25) is 0 Å². The molecule has 0 N–H and O–H groups in total. The van der Waals surface area contributed by atoms with Crippen LogP contribution in [-0.2, 0) is 0 Å². The topological polar surface area (TPSA) is 108 Å². The molecule has 0 spiro atoms. The van der Waals surface area contributed by atoms with E-state index in [1.54, 1.807) is 19.2 Å². The number of thioether (sulfide) groups is 1. The van der Waals surface area contributed by atoms with Crippen molar-refractivity contribution in [2.24, 2.45) is 0 Å². The number of nitro benzene ring substituents is 1. The van der Waals surface area contributed by atoms with Gasteiger partial charge in [-0.05, 0) is 24.3 Å². The molecule has 0 saturated carbocycles. The summed E-state index contributed by atoms with van der Waals surface area (Å²) >= 11 is 1.10. The first-order chi connectivity index (χ1) is 12.6. The number of aromatic nitrogens is 2. The molecule has 1 heterocycles. The molecule has 132 valence electrons. The fourth-order valence-electron chi connectivity index (χ4n) is 2.18. The monoisotopic (exact) mass is 371 g/mol. The van der Waals surface area contributed by atoms with Gasteiger partial charge in [-0.15, -0.1) is 10.2 Å². The van der Waals surface area contributed by atoms with Crippen LogP contribution < -0.4 is 4.74 Å². The molecule has 0 aliphatic carbocycles. The van der Waals surface area contributed by atoms with Gasteiger partial charge < -0.3 is 9.15 Å². The zero-order chi connectivity index (χ0) is 18.5. The van der Waals surface area contributed by atoms with Gasteiger partial charge in [0.1, 0.15) is 5.75 Å². The Morgan fingerprint density at radius 1 is 1.19 bits per heavy atom. The third-order valence-electron chi connectivity index (χ3n) is 3.47. The van der Waals surface area contributed by atoms with Crippen molar-refractivity contribution in [1.29, 1.82) is 0 Å². The third-order valence-corrected chi connectivity index (χ3v) is 4.29. The number of benzene rings is 2. The number of hydrogen-bond donors (Lipinski definition) is 0. The summed E-state index contributed by atoms with van der Waals surface area (Å²) in [5.74, 6) is 0.787. The Bertz CT molecular complexity index is 940. The van der Waals surface area contributed by atoms with E-state index < -0.39 is 4.92 Å². The lowest BCUT2D eigenvalue weighted by Gasteiger charge is -2.03. The zero-order valence-electron chi connectivity index (χ0n) is 13.6. The van der Waals surface area contributed by atoms with Crippen molar-refractivity contribution in [3.63, 3.8) is 0 Å². The van der Waals surface area contributed by atoms with Crippen molar-refractivity contribution in [2.75, 3.05) is 12.9 Å². The second kappa shape index (κ2) is 7.79. The maximum atomic E-state index is 12.2. The van der Waals surface area contributed by atoms with Crippen LogP contribution in [0.4, 0.5) is 5.69 Å². The maximum absolute atomic E-state index is 12.2. The van der Waals surface area contributed by atoms with E-state index >= 15 is 0 Å². The van der Waals surface area contributed by atoms with Gasteiger partial charge in [0.05, 0.1) is 23.3 Å². The first kappa shape index (κ1) is 17.6. The van der Waals surface area contributed by atoms with E-state index in [1.807, 2.05) is 12.1 Å². The molecule has 0 aliphatic rings. The highest BCUT2D eigenvalue weighted by Gasteiger charge is 2.15. The summed E-state index contributed by atoms with van der Waals surface area (Å²) in [7, 11) is 1.55. The molecule has 0 amide bonds. The lowest BCUT2D eigenvalue weighted by molar-refractivity contribution is -0.384. The van der Waals surface area contributed by atoms with Gasteiger partial charge in [0, 0.05) is 17.7 Å². The molecule has 2 aromatic carbocycles. The summed E-state index contributed by atoms with van der Waals surface area (Å²) < 4.78 is 10.8. The summed E-state index contributed by atoms with van der Waals surface area (Å²) in [5, 5.41) is 18.8. The molecule has 0 aliphatic heterocycles. The number of methoxy groups -OCH3 is 1. The standard InChI is InChI=1S/C17H13N3O5S/c1-24-15-5-3-2-4-13(15)16-18-19-17(25-16)26-10-14(21)11-6-8-12(9-7-11)20(22)23/h2-9H,10H2,1H3. The molecule has 0 fully saturated rings. The number of para-hydroxylation sites is 1. The van der Waals surface area contributed by atoms with Crippen LogP contribution in [0.1, 0.15) is 10.4 Å². The Hall–Kier alpha value is -3.20. The number of carbonyl (C=O) groups excluding carboxylic acids is 1. The van der Waals surface area contributed by atoms with Gasteiger partial charge in [-0.25, -0.2) is 0 Å². The maximum Gasteiger partial charge on any atom is 0.277 e. The van der Waals surface area contributed by atoms with E-state index in [0.29, 0.717) is 22.8 Å². The highest BCUT2D eigenvalue weighted by atomic mass is 32.2. The summed E-state index contributed by atoms with van der Waals surface area (Å²) in [6.45, 7) is 0. The fourth-order valence-corrected chi connectivity index (χ4v) is 2.84. The Balaban J connectivity index is 1.66. The number of ketones is 1. The van der Waals surface area contributed by atoms with Gasteiger partial charge in [-0.2, -0.15) is 0 Å². The second-order valence-electron chi connectivity index (χ2n) is 5.09. The van der Waals surface area contributed by atoms with E-state index in [2.05, 4.69) is 10.2 Å². The second-order valence-corrected chi connectivity index (χ2v) is 6.02. The highest BCUT2D eigenvalue weighted by Crippen LogP contribution is 2.30. The molecule has 0 unspecified atom stereocenters. The number of carbonyl (C=O) groups is 1. The first-order valence-corrected chi connectivity index (χ1v) is 8.44. The summed E-state index contributed by atoms with van der Waals surface area (Å²) in [5.41, 5.74) is 0.983. The largest absolute Gasteiger partial charge is 0.496 e. The van der Waals surface area contributed by atoms with Crippen LogP contribution in [0.3, 0.4) is 0 Å². The van der Waals surface area contributed by atoms with Gasteiger partial charge in [-0.1, -0.05) is 23.9 Å². The fraction of sp³-hybridized carbons (Fsp3) is 0.118. The molecule has 0 atom stereocenters. The molecule has 3 aromatic rings. The van der Waals surface area contributed by atoms with Crippen molar-refractivity contribution < 1.29 is 18.9 Å². The Kier molecular flexibility index (Phi) is 5.28. The number of non-ortho nitro benzene ring substituents is 1. The van der Waals surface area contributed by atoms with Gasteiger partial charge in [0.15, 0.2) is 5.78 Å². The number of rotatable bonds is 7. The van der Waals surface area contributed by atoms with Crippen LogP contribution >= 0.6 is 11.8 Å². The average Bonchev–Trinajstić information content (AvgIpc) is 3.15. The molecule has 8 nitrogen and oxygen atoms in total. The minimum absolute atomic E-state index is 0.0624. The summed E-state index contributed by atoms with van der Waals surface area (Å²) in [6, 6.07) is 12.7. The van der Waals surface area contributed by atoms with Gasteiger partial charge in [0.25, 0.3) is 16.8 Å². The SMILES string of the molecule is COc1ccccc1-c1nnc(SCC(=O)c2ccc([N+](=O)[O-])cc2)o1. The minimum Gasteiger partial charge on any atom is -0.496 e. The van der Waals surface area contributed by atoms with E-state index in [0.717, 1.165) is 11.8 Å². The van der Waals surface area contributed by atoms with Crippen LogP contribution in [0.25, 0.3) is 11.5 Å². The number of nitro groups is 1. The lowest BCUT2D eigenvalue weighted by Crippen LogP contribution is -2.02. The summed E-state index contributed by atoms with van der Waals surface area (Å²) in [6.07, 6.45) is 0. The van der Waals surface area contributed by atoms with Gasteiger partial charge >= 0.3 is 0 Å². The Morgan fingerprint density at radius 2 is 1.92 bits per heavy atom. The molecule has 0 bridgehead atoms. The molecule has 9 heteroatoms.